The molecule has 0 unspecified atom stereocenters. The van der Waals surface area contributed by atoms with E-state index in [9.17, 15) is 9.59 Å². The Hall–Kier alpha value is -3.09. The fourth-order valence-corrected chi connectivity index (χ4v) is 2.54. The molecule has 0 atom stereocenters. The molecule has 0 bridgehead atoms. The maximum atomic E-state index is 12.2. The standard InChI is InChI=1S/C18H21N5O2/c1-3-21(2)15-9-7-14(8-10-15)17(24)19-11-13-23-18(25)22-12-5-4-6-16(22)20-23/h4-10,12H,3,11,13H2,1-2H3,(H,19,24). The topological polar surface area (TPSA) is 71.6 Å². The van der Waals surface area contributed by atoms with Gasteiger partial charge in [0.1, 0.15) is 0 Å². The van der Waals surface area contributed by atoms with Gasteiger partial charge in [0.05, 0.1) is 6.54 Å². The Morgan fingerprint density at radius 2 is 1.96 bits per heavy atom. The maximum Gasteiger partial charge on any atom is 0.350 e. The van der Waals surface area contributed by atoms with Crippen LogP contribution in [0.2, 0.25) is 0 Å². The van der Waals surface area contributed by atoms with Crippen LogP contribution in [-0.4, -0.2) is 40.2 Å². The number of anilines is 1. The van der Waals surface area contributed by atoms with Crippen LogP contribution in [-0.2, 0) is 6.54 Å². The van der Waals surface area contributed by atoms with Gasteiger partial charge in [-0.05, 0) is 43.3 Å². The van der Waals surface area contributed by atoms with E-state index in [1.54, 1.807) is 30.5 Å². The van der Waals surface area contributed by atoms with Crippen molar-refractivity contribution < 1.29 is 4.79 Å². The predicted octanol–water partition coefficient (Wildman–Crippen LogP) is 1.38. The highest BCUT2D eigenvalue weighted by atomic mass is 16.2. The molecule has 2 aromatic heterocycles. The third-order valence-corrected chi connectivity index (χ3v) is 4.14. The van der Waals surface area contributed by atoms with Gasteiger partial charge in [-0.25, -0.2) is 9.48 Å². The van der Waals surface area contributed by atoms with Gasteiger partial charge < -0.3 is 10.2 Å². The summed E-state index contributed by atoms with van der Waals surface area (Å²) < 4.78 is 2.83. The number of nitrogens with zero attached hydrogens (tertiary/aromatic N) is 4. The lowest BCUT2D eigenvalue weighted by Crippen LogP contribution is -2.31. The maximum absolute atomic E-state index is 12.2. The van der Waals surface area contributed by atoms with Crippen LogP contribution in [0.3, 0.4) is 0 Å². The molecule has 25 heavy (non-hydrogen) atoms. The van der Waals surface area contributed by atoms with Gasteiger partial charge in [0.2, 0.25) is 0 Å². The highest BCUT2D eigenvalue weighted by molar-refractivity contribution is 5.94. The number of benzene rings is 1. The van der Waals surface area contributed by atoms with Gasteiger partial charge in [-0.1, -0.05) is 6.07 Å². The van der Waals surface area contributed by atoms with Crippen molar-refractivity contribution in [3.05, 3.63) is 64.7 Å². The second kappa shape index (κ2) is 7.21. The van der Waals surface area contributed by atoms with Gasteiger partial charge in [-0.15, -0.1) is 5.10 Å². The molecule has 0 aliphatic carbocycles. The molecule has 1 N–H and O–H groups in total. The van der Waals surface area contributed by atoms with E-state index in [0.29, 0.717) is 24.3 Å². The van der Waals surface area contributed by atoms with E-state index >= 15 is 0 Å². The highest BCUT2D eigenvalue weighted by Gasteiger charge is 2.08. The molecule has 3 aromatic rings. The first-order chi connectivity index (χ1) is 12.1. The summed E-state index contributed by atoms with van der Waals surface area (Å²) in [7, 11) is 2.00. The predicted molar refractivity (Wildman–Crippen MR) is 97.2 cm³/mol. The molecular weight excluding hydrogens is 318 g/mol. The van der Waals surface area contributed by atoms with Crippen molar-refractivity contribution in [2.45, 2.75) is 13.5 Å². The van der Waals surface area contributed by atoms with Gasteiger partial charge in [0.15, 0.2) is 5.65 Å². The quantitative estimate of drug-likeness (QED) is 0.736. The minimum atomic E-state index is -0.211. The molecule has 1 aromatic carbocycles. The van der Waals surface area contributed by atoms with Gasteiger partial charge in [-0.2, -0.15) is 0 Å². The number of amides is 1. The fraction of sp³-hybridized carbons (Fsp3) is 0.278. The molecule has 0 radical (unpaired) electrons. The average molecular weight is 339 g/mol. The number of fused-ring (bicyclic) bond motifs is 1. The van der Waals surface area contributed by atoms with Crippen molar-refractivity contribution in [2.24, 2.45) is 0 Å². The molecule has 0 saturated carbocycles. The van der Waals surface area contributed by atoms with Crippen molar-refractivity contribution >= 4 is 17.2 Å². The summed E-state index contributed by atoms with van der Waals surface area (Å²) in [6.07, 6.45) is 1.68. The molecule has 2 heterocycles. The Morgan fingerprint density at radius 3 is 2.64 bits per heavy atom. The van der Waals surface area contributed by atoms with E-state index < -0.39 is 0 Å². The number of carbonyl (C=O) groups excluding carboxylic acids is 1. The number of nitrogens with one attached hydrogen (secondary N) is 1. The van der Waals surface area contributed by atoms with E-state index in [2.05, 4.69) is 22.2 Å². The van der Waals surface area contributed by atoms with Crippen LogP contribution in [0.15, 0.2) is 53.5 Å². The van der Waals surface area contributed by atoms with Crippen LogP contribution in [0.1, 0.15) is 17.3 Å². The van der Waals surface area contributed by atoms with Crippen LogP contribution < -0.4 is 15.9 Å². The number of hydrogen-bond acceptors (Lipinski definition) is 4. The molecule has 0 saturated heterocycles. The van der Waals surface area contributed by atoms with E-state index in [0.717, 1.165) is 12.2 Å². The van der Waals surface area contributed by atoms with Crippen molar-refractivity contribution in [1.82, 2.24) is 19.5 Å². The number of aromatic nitrogens is 3. The lowest BCUT2D eigenvalue weighted by atomic mass is 10.2. The highest BCUT2D eigenvalue weighted by Crippen LogP contribution is 2.13. The largest absolute Gasteiger partial charge is 0.375 e. The Labute approximate surface area is 145 Å². The number of carbonyl (C=O) groups is 1. The minimum Gasteiger partial charge on any atom is -0.375 e. The first kappa shape index (κ1) is 16.8. The SMILES string of the molecule is CCN(C)c1ccc(C(=O)NCCn2nc3ccccn3c2=O)cc1. The van der Waals surface area contributed by atoms with E-state index in [1.807, 2.05) is 25.2 Å². The van der Waals surface area contributed by atoms with Crippen LogP contribution in [0.4, 0.5) is 5.69 Å². The second-order valence-electron chi connectivity index (χ2n) is 5.75. The monoisotopic (exact) mass is 339 g/mol. The van der Waals surface area contributed by atoms with E-state index in [1.165, 1.54) is 9.08 Å². The lowest BCUT2D eigenvalue weighted by Gasteiger charge is -2.16. The normalized spacial score (nSPS) is 10.8. The zero-order valence-corrected chi connectivity index (χ0v) is 14.3. The molecule has 0 aliphatic heterocycles. The summed E-state index contributed by atoms with van der Waals surface area (Å²) in [6.45, 7) is 3.63. The van der Waals surface area contributed by atoms with Crippen LogP contribution >= 0.6 is 0 Å². The van der Waals surface area contributed by atoms with E-state index in [-0.39, 0.29) is 11.6 Å². The summed E-state index contributed by atoms with van der Waals surface area (Å²) in [6, 6.07) is 12.8. The van der Waals surface area contributed by atoms with Gasteiger partial charge in [-0.3, -0.25) is 9.20 Å². The number of rotatable bonds is 6. The Morgan fingerprint density at radius 1 is 1.20 bits per heavy atom. The van der Waals surface area contributed by atoms with Gasteiger partial charge >= 0.3 is 5.69 Å². The number of pyridine rings is 1. The summed E-state index contributed by atoms with van der Waals surface area (Å²) in [5.74, 6) is -0.164. The minimum absolute atomic E-state index is 0.164. The summed E-state index contributed by atoms with van der Waals surface area (Å²) in [5, 5.41) is 7.05. The fourth-order valence-electron chi connectivity index (χ4n) is 2.54. The Bertz CT molecular complexity index is 927. The van der Waals surface area contributed by atoms with Crippen molar-refractivity contribution in [3.8, 4) is 0 Å². The Kier molecular flexibility index (Phi) is 4.83. The van der Waals surface area contributed by atoms with Gasteiger partial charge in [0, 0.05) is 37.6 Å². The van der Waals surface area contributed by atoms with Crippen LogP contribution in [0.5, 0.6) is 0 Å². The van der Waals surface area contributed by atoms with Crippen LogP contribution in [0, 0.1) is 0 Å². The molecule has 130 valence electrons. The molecular formula is C18H21N5O2. The summed E-state index contributed by atoms with van der Waals surface area (Å²) >= 11 is 0. The molecule has 0 fully saturated rings. The van der Waals surface area contributed by atoms with Crippen molar-refractivity contribution in [3.63, 3.8) is 0 Å². The van der Waals surface area contributed by atoms with Crippen molar-refractivity contribution in [2.75, 3.05) is 25.0 Å². The molecule has 3 rings (SSSR count). The molecule has 1 amide bonds. The zero-order valence-electron chi connectivity index (χ0n) is 14.3. The van der Waals surface area contributed by atoms with Crippen molar-refractivity contribution in [1.29, 1.82) is 0 Å². The lowest BCUT2D eigenvalue weighted by molar-refractivity contribution is 0.0952. The van der Waals surface area contributed by atoms with Gasteiger partial charge in [0.25, 0.3) is 5.91 Å². The average Bonchev–Trinajstić information content (AvgIpc) is 2.97. The zero-order chi connectivity index (χ0) is 17.8. The first-order valence-corrected chi connectivity index (χ1v) is 8.23. The first-order valence-electron chi connectivity index (χ1n) is 8.23. The molecule has 7 heteroatoms. The molecule has 0 aliphatic rings. The summed E-state index contributed by atoms with van der Waals surface area (Å²) in [4.78, 5) is 26.4. The summed E-state index contributed by atoms with van der Waals surface area (Å²) in [5.41, 5.74) is 2.04. The number of hydrogen-bond donors (Lipinski definition) is 1. The smallest absolute Gasteiger partial charge is 0.350 e. The second-order valence-corrected chi connectivity index (χ2v) is 5.75. The third kappa shape index (κ3) is 3.55. The third-order valence-electron chi connectivity index (χ3n) is 4.14. The Balaban J connectivity index is 1.60. The van der Waals surface area contributed by atoms with E-state index in [4.69, 9.17) is 0 Å². The molecule has 7 nitrogen and oxygen atoms in total. The molecule has 0 spiro atoms. The van der Waals surface area contributed by atoms with Crippen LogP contribution in [0.25, 0.3) is 5.65 Å².